The molecule has 0 saturated heterocycles. The molecule has 3 aliphatic carbocycles. The van der Waals surface area contributed by atoms with Crippen molar-refractivity contribution in [2.75, 3.05) is 0 Å². The van der Waals surface area contributed by atoms with E-state index >= 15 is 0 Å². The van der Waals surface area contributed by atoms with Crippen LogP contribution in [0.15, 0.2) is 47.4 Å². The zero-order valence-electron chi connectivity index (χ0n) is 21.9. The van der Waals surface area contributed by atoms with E-state index in [4.69, 9.17) is 4.55 Å². The Morgan fingerprint density at radius 3 is 2.32 bits per heavy atom. The highest BCUT2D eigenvalue weighted by atomic mass is 32.3. The standard InChI is InChI=1S/C28H37NO6S2/c1-27(2,3)19-6-9-21(10-7-19)36(30,31)29-26-14-13-25-24-11-5-18-17-20(35-37(32,33)34)8-12-22(18)23(24)15-16-28(25,26)4/h6-10,12,17,23-26,29H,5,11,13-16H2,1-4H3,(H,32,33,34)/t23-,24-,25+,26+,28+/m1/s1. The summed E-state index contributed by atoms with van der Waals surface area (Å²) in [5.74, 6) is 1.37. The van der Waals surface area contributed by atoms with E-state index in [1.807, 2.05) is 18.2 Å². The summed E-state index contributed by atoms with van der Waals surface area (Å²) in [6.45, 7) is 8.59. The Morgan fingerprint density at radius 2 is 1.68 bits per heavy atom. The molecule has 0 bridgehead atoms. The van der Waals surface area contributed by atoms with E-state index in [0.29, 0.717) is 22.6 Å². The van der Waals surface area contributed by atoms with Gasteiger partial charge in [-0.1, -0.05) is 45.9 Å². The number of aryl methyl sites for hydroxylation is 1. The van der Waals surface area contributed by atoms with Gasteiger partial charge in [0.05, 0.1) is 4.90 Å². The summed E-state index contributed by atoms with van der Waals surface area (Å²) in [5, 5.41) is 0. The Balaban J connectivity index is 1.34. The molecule has 2 saturated carbocycles. The van der Waals surface area contributed by atoms with E-state index in [0.717, 1.165) is 49.7 Å². The summed E-state index contributed by atoms with van der Waals surface area (Å²) in [6, 6.07) is 12.4. The maximum Gasteiger partial charge on any atom is 0.446 e. The Kier molecular flexibility index (Phi) is 6.54. The molecule has 202 valence electrons. The highest BCUT2D eigenvalue weighted by molar-refractivity contribution is 7.89. The van der Waals surface area contributed by atoms with Crippen molar-refractivity contribution in [2.45, 2.75) is 88.5 Å². The number of nitrogens with one attached hydrogen (secondary N) is 1. The van der Waals surface area contributed by atoms with Gasteiger partial charge < -0.3 is 4.18 Å². The summed E-state index contributed by atoms with van der Waals surface area (Å²) >= 11 is 0. The molecule has 5 rings (SSSR count). The summed E-state index contributed by atoms with van der Waals surface area (Å²) in [5.41, 5.74) is 3.26. The average molecular weight is 548 g/mol. The van der Waals surface area contributed by atoms with Gasteiger partial charge in [-0.2, -0.15) is 8.42 Å². The Labute approximate surface area is 221 Å². The summed E-state index contributed by atoms with van der Waals surface area (Å²) < 4.78 is 65.7. The zero-order chi connectivity index (χ0) is 26.8. The van der Waals surface area contributed by atoms with Gasteiger partial charge in [0.2, 0.25) is 10.0 Å². The van der Waals surface area contributed by atoms with Gasteiger partial charge in [0.15, 0.2) is 0 Å². The molecule has 2 aromatic rings. The molecule has 2 fully saturated rings. The van der Waals surface area contributed by atoms with Crippen LogP contribution in [0, 0.1) is 17.3 Å². The average Bonchev–Trinajstić information content (AvgIpc) is 3.13. The van der Waals surface area contributed by atoms with Crippen molar-refractivity contribution in [1.82, 2.24) is 4.72 Å². The number of fused-ring (bicyclic) bond motifs is 5. The molecule has 0 unspecified atom stereocenters. The van der Waals surface area contributed by atoms with E-state index in [2.05, 4.69) is 36.6 Å². The van der Waals surface area contributed by atoms with Crippen LogP contribution < -0.4 is 8.91 Å². The van der Waals surface area contributed by atoms with Gasteiger partial charge in [-0.15, -0.1) is 0 Å². The van der Waals surface area contributed by atoms with Crippen LogP contribution in [0.1, 0.15) is 82.4 Å². The van der Waals surface area contributed by atoms with Gasteiger partial charge in [-0.25, -0.2) is 13.1 Å². The molecule has 0 radical (unpaired) electrons. The highest BCUT2D eigenvalue weighted by Gasteiger charge is 2.55. The fourth-order valence-corrected chi connectivity index (χ4v) is 9.05. The van der Waals surface area contributed by atoms with Crippen LogP contribution in [0.25, 0.3) is 0 Å². The molecule has 9 heteroatoms. The van der Waals surface area contributed by atoms with Crippen molar-refractivity contribution < 1.29 is 25.6 Å². The van der Waals surface area contributed by atoms with E-state index in [1.165, 1.54) is 5.56 Å². The molecule has 37 heavy (non-hydrogen) atoms. The fraction of sp³-hybridized carbons (Fsp3) is 0.571. The van der Waals surface area contributed by atoms with Gasteiger partial charge in [-0.05, 0) is 108 Å². The first-order chi connectivity index (χ1) is 17.2. The number of sulfonamides is 1. The first-order valence-corrected chi connectivity index (χ1v) is 15.9. The molecule has 0 spiro atoms. The van der Waals surface area contributed by atoms with Crippen molar-refractivity contribution in [3.63, 3.8) is 0 Å². The van der Waals surface area contributed by atoms with Gasteiger partial charge in [-0.3, -0.25) is 4.55 Å². The number of hydrogen-bond acceptors (Lipinski definition) is 5. The maximum atomic E-state index is 13.4. The van der Waals surface area contributed by atoms with Crippen LogP contribution in [0.2, 0.25) is 0 Å². The maximum absolute atomic E-state index is 13.4. The van der Waals surface area contributed by atoms with Crippen molar-refractivity contribution in [2.24, 2.45) is 17.3 Å². The molecular weight excluding hydrogens is 510 g/mol. The van der Waals surface area contributed by atoms with Crippen molar-refractivity contribution in [1.29, 1.82) is 0 Å². The zero-order valence-corrected chi connectivity index (χ0v) is 23.5. The second-order valence-electron chi connectivity index (χ2n) is 12.4. The minimum atomic E-state index is -4.55. The monoisotopic (exact) mass is 547 g/mol. The molecule has 2 N–H and O–H groups in total. The van der Waals surface area contributed by atoms with E-state index in [9.17, 15) is 16.8 Å². The molecule has 3 aliphatic rings. The van der Waals surface area contributed by atoms with Crippen LogP contribution >= 0.6 is 0 Å². The molecule has 0 heterocycles. The second-order valence-corrected chi connectivity index (χ2v) is 15.1. The fourth-order valence-electron chi connectivity index (χ4n) is 7.32. The smallest absolute Gasteiger partial charge is 0.362 e. The lowest BCUT2D eigenvalue weighted by atomic mass is 9.55. The minimum absolute atomic E-state index is 0.0374. The molecule has 7 nitrogen and oxygen atoms in total. The van der Waals surface area contributed by atoms with E-state index in [-0.39, 0.29) is 22.6 Å². The lowest BCUT2D eigenvalue weighted by Gasteiger charge is -2.51. The lowest BCUT2D eigenvalue weighted by Crippen LogP contribution is -2.50. The first-order valence-electron chi connectivity index (χ1n) is 13.1. The summed E-state index contributed by atoms with van der Waals surface area (Å²) in [7, 11) is -8.18. The molecule has 0 aromatic heterocycles. The molecule has 0 amide bonds. The first kappa shape index (κ1) is 26.7. The SMILES string of the molecule is CC(C)(C)c1ccc(S(=O)(=O)N[C@H]2CC[C@H]3[C@@H]4CCc5cc(OS(=O)(=O)O)ccc5[C@H]4CC[C@]23C)cc1. The third-order valence-corrected chi connectivity index (χ3v) is 11.1. The van der Waals surface area contributed by atoms with Gasteiger partial charge >= 0.3 is 10.4 Å². The van der Waals surface area contributed by atoms with Crippen LogP contribution in [0.4, 0.5) is 0 Å². The van der Waals surface area contributed by atoms with Crippen LogP contribution in [-0.2, 0) is 32.3 Å². The predicted octanol–water partition coefficient (Wildman–Crippen LogP) is 5.37. The second kappa shape index (κ2) is 9.07. The third-order valence-electron chi connectivity index (χ3n) is 9.23. The van der Waals surface area contributed by atoms with Crippen LogP contribution in [0.5, 0.6) is 5.75 Å². The number of hydrogen-bond donors (Lipinski definition) is 2. The van der Waals surface area contributed by atoms with Gasteiger partial charge in [0, 0.05) is 6.04 Å². The molecule has 5 atom stereocenters. The highest BCUT2D eigenvalue weighted by Crippen LogP contribution is 2.61. The summed E-state index contributed by atoms with van der Waals surface area (Å²) in [6.07, 6.45) is 5.49. The van der Waals surface area contributed by atoms with Crippen LogP contribution in [0.3, 0.4) is 0 Å². The normalized spacial score (nSPS) is 29.8. The summed E-state index contributed by atoms with van der Waals surface area (Å²) in [4.78, 5) is 0.316. The topological polar surface area (TPSA) is 110 Å². The predicted molar refractivity (Wildman–Crippen MR) is 142 cm³/mol. The number of benzene rings is 2. The van der Waals surface area contributed by atoms with Crippen molar-refractivity contribution >= 4 is 20.4 Å². The number of rotatable bonds is 5. The van der Waals surface area contributed by atoms with Gasteiger partial charge in [0.1, 0.15) is 5.75 Å². The Hall–Kier alpha value is -1.94. The lowest BCUT2D eigenvalue weighted by molar-refractivity contribution is 0.0462. The van der Waals surface area contributed by atoms with E-state index in [1.54, 1.807) is 24.3 Å². The van der Waals surface area contributed by atoms with E-state index < -0.39 is 20.4 Å². The van der Waals surface area contributed by atoms with Gasteiger partial charge in [0.25, 0.3) is 0 Å². The molecular formula is C28H37NO6S2. The minimum Gasteiger partial charge on any atom is -0.362 e. The Bertz CT molecular complexity index is 1400. The Morgan fingerprint density at radius 1 is 0.973 bits per heavy atom. The largest absolute Gasteiger partial charge is 0.446 e. The third kappa shape index (κ3) is 5.07. The van der Waals surface area contributed by atoms with Crippen molar-refractivity contribution in [3.05, 3.63) is 59.2 Å². The van der Waals surface area contributed by atoms with Crippen molar-refractivity contribution in [3.8, 4) is 5.75 Å². The quantitative estimate of drug-likeness (QED) is 0.487. The molecule has 0 aliphatic heterocycles. The van der Waals surface area contributed by atoms with Crippen LogP contribution in [-0.4, -0.2) is 27.4 Å². The molecule has 2 aromatic carbocycles.